The van der Waals surface area contributed by atoms with Crippen molar-refractivity contribution < 1.29 is 44.0 Å². The number of carbonyl (C=O) groups excluding carboxylic acids is 4. The number of carbonyl (C=O) groups is 4. The highest BCUT2D eigenvalue weighted by Crippen LogP contribution is 2.58. The lowest BCUT2D eigenvalue weighted by Gasteiger charge is -2.53. The average molecular weight is 573 g/mol. The van der Waals surface area contributed by atoms with E-state index >= 15 is 4.39 Å². The van der Waals surface area contributed by atoms with E-state index < -0.39 is 92.2 Å². The van der Waals surface area contributed by atoms with Gasteiger partial charge in [-0.15, -0.1) is 0 Å². The monoisotopic (exact) mass is 572 g/mol. The van der Waals surface area contributed by atoms with E-state index in [2.05, 4.69) is 5.32 Å². The van der Waals surface area contributed by atoms with Crippen LogP contribution < -0.4 is 11.1 Å². The molecule has 1 fully saturated rings. The Morgan fingerprint density at radius 3 is 2.44 bits per heavy atom. The Hall–Kier alpha value is -3.81. The van der Waals surface area contributed by atoms with E-state index in [1.54, 1.807) is 14.0 Å². The summed E-state index contributed by atoms with van der Waals surface area (Å²) in [5.74, 6) is -8.81. The molecule has 5 rings (SSSR count). The Kier molecular flexibility index (Phi) is 6.56. The molecule has 3 aliphatic carbocycles. The number of phenolic OH excluding ortho intramolecular Hbond substituents is 1. The van der Waals surface area contributed by atoms with Crippen molar-refractivity contribution in [2.45, 2.75) is 50.3 Å². The van der Waals surface area contributed by atoms with Crippen LogP contribution in [0.4, 0.5) is 10.1 Å². The quantitative estimate of drug-likeness (QED) is 0.221. The fourth-order valence-electron chi connectivity index (χ4n) is 7.20. The first-order valence-corrected chi connectivity index (χ1v) is 13.3. The minimum absolute atomic E-state index is 0.158. The predicted octanol–water partition coefficient (Wildman–Crippen LogP) is 0.683. The maximum Gasteiger partial charge on any atom is 0.255 e. The Morgan fingerprint density at radius 2 is 1.88 bits per heavy atom. The summed E-state index contributed by atoms with van der Waals surface area (Å²) in [5, 5.41) is 47.7. The number of likely N-dealkylation sites (tertiary alicyclic amines) is 1. The SMILES string of the molecule is CN(C)[C@@H]1C(O)=C(C(N)=O)C(=O)[C@@]2(O)C(O)=C3C(=O)c4c(O)c(NC(=O)[C@@H]5CCCN5C)cc(F)c4C[C@@]3(C)C[C@@H]12. The first-order chi connectivity index (χ1) is 19.1. The van der Waals surface area contributed by atoms with E-state index in [0.717, 1.165) is 12.5 Å². The van der Waals surface area contributed by atoms with E-state index in [9.17, 15) is 39.6 Å². The number of ketones is 2. The number of hydrogen-bond donors (Lipinski definition) is 6. The Morgan fingerprint density at radius 1 is 1.22 bits per heavy atom. The van der Waals surface area contributed by atoms with Gasteiger partial charge in [0.25, 0.3) is 5.91 Å². The third-order valence-corrected chi connectivity index (χ3v) is 9.16. The summed E-state index contributed by atoms with van der Waals surface area (Å²) in [6.07, 6.45) is 0.935. The molecule has 0 saturated carbocycles. The molecule has 12 nitrogen and oxygen atoms in total. The average Bonchev–Trinajstić information content (AvgIpc) is 3.30. The minimum Gasteiger partial charge on any atom is -0.510 e. The number of Topliss-reactive ketones (excluding diaryl/α,β-unsaturated/α-hetero) is 2. The van der Waals surface area contributed by atoms with Crippen LogP contribution in [-0.2, 0) is 20.8 Å². The second-order valence-electron chi connectivity index (χ2n) is 12.0. The van der Waals surface area contributed by atoms with Gasteiger partial charge in [-0.3, -0.25) is 29.0 Å². The zero-order valence-corrected chi connectivity index (χ0v) is 23.1. The van der Waals surface area contributed by atoms with Crippen LogP contribution in [0.5, 0.6) is 5.75 Å². The highest BCUT2D eigenvalue weighted by atomic mass is 19.1. The third-order valence-electron chi connectivity index (χ3n) is 9.16. The van der Waals surface area contributed by atoms with E-state index in [4.69, 9.17) is 5.73 Å². The van der Waals surface area contributed by atoms with Gasteiger partial charge in [-0.05, 0) is 53.4 Å². The van der Waals surface area contributed by atoms with Gasteiger partial charge in [0.2, 0.25) is 11.7 Å². The minimum atomic E-state index is -2.82. The molecular weight excluding hydrogens is 539 g/mol. The van der Waals surface area contributed by atoms with Crippen LogP contribution in [0.25, 0.3) is 0 Å². The van der Waals surface area contributed by atoms with E-state index in [1.165, 1.54) is 19.0 Å². The summed E-state index contributed by atoms with van der Waals surface area (Å²) >= 11 is 0. The van der Waals surface area contributed by atoms with Crippen molar-refractivity contribution in [2.75, 3.05) is 33.0 Å². The lowest BCUT2D eigenvalue weighted by Crippen LogP contribution is -2.65. The van der Waals surface area contributed by atoms with Gasteiger partial charge in [-0.2, -0.15) is 0 Å². The molecular formula is C28H33FN4O8. The zero-order valence-electron chi connectivity index (χ0n) is 23.1. The zero-order chi connectivity index (χ0) is 30.3. The van der Waals surface area contributed by atoms with Crippen LogP contribution in [0.3, 0.4) is 0 Å². The molecule has 1 saturated heterocycles. The number of amides is 2. The second-order valence-corrected chi connectivity index (χ2v) is 12.0. The summed E-state index contributed by atoms with van der Waals surface area (Å²) in [4.78, 5) is 55.6. The van der Waals surface area contributed by atoms with Gasteiger partial charge < -0.3 is 31.5 Å². The largest absolute Gasteiger partial charge is 0.510 e. The topological polar surface area (TPSA) is 194 Å². The molecule has 0 radical (unpaired) electrons. The number of benzene rings is 1. The number of hydrogen-bond acceptors (Lipinski definition) is 10. The number of aliphatic hydroxyl groups is 3. The molecule has 1 aromatic rings. The van der Waals surface area contributed by atoms with Crippen LogP contribution in [0, 0.1) is 17.2 Å². The number of halogens is 1. The van der Waals surface area contributed by atoms with Gasteiger partial charge in [-0.25, -0.2) is 4.39 Å². The molecule has 13 heteroatoms. The second kappa shape index (κ2) is 9.36. The molecule has 1 aromatic carbocycles. The molecule has 0 spiro atoms. The van der Waals surface area contributed by atoms with Crippen molar-refractivity contribution in [3.05, 3.63) is 45.7 Å². The maximum atomic E-state index is 15.6. The standard InChI is InChI=1S/C28H33FN4O8/c1-27-9-11-13(29)8-14(31-26(40)15-6-5-7-33(15)4)20(34)16(11)21(35)18(27)24(38)28(41)12(10-27)19(32(2)3)22(36)17(23(28)37)25(30)39/h8,12,15,19,34,36,38,41H,5-7,9-10H2,1-4H3,(H2,30,39)(H,31,40)/t12-,15-,19-,27-,28+/m0/s1. The van der Waals surface area contributed by atoms with Crippen molar-refractivity contribution in [2.24, 2.45) is 17.1 Å². The number of anilines is 1. The fourth-order valence-corrected chi connectivity index (χ4v) is 7.20. The number of allylic oxidation sites excluding steroid dienone is 1. The van der Waals surface area contributed by atoms with Gasteiger partial charge in [0.15, 0.2) is 17.1 Å². The van der Waals surface area contributed by atoms with Crippen molar-refractivity contribution in [1.29, 1.82) is 0 Å². The molecule has 2 amide bonds. The van der Waals surface area contributed by atoms with Crippen LogP contribution in [-0.4, -0.2) is 99.0 Å². The normalized spacial score (nSPS) is 31.7. The predicted molar refractivity (Wildman–Crippen MR) is 143 cm³/mol. The van der Waals surface area contributed by atoms with Crippen molar-refractivity contribution in [3.63, 3.8) is 0 Å². The molecule has 7 N–H and O–H groups in total. The number of nitrogens with two attached hydrogens (primary N) is 1. The van der Waals surface area contributed by atoms with Crippen LogP contribution >= 0.6 is 0 Å². The summed E-state index contributed by atoms with van der Waals surface area (Å²) < 4.78 is 15.6. The number of primary amides is 1. The van der Waals surface area contributed by atoms with Crippen molar-refractivity contribution in [1.82, 2.24) is 9.80 Å². The number of nitrogens with one attached hydrogen (secondary N) is 1. The molecule has 0 aromatic heterocycles. The van der Waals surface area contributed by atoms with Gasteiger partial charge in [0.05, 0.1) is 23.3 Å². The number of phenols is 1. The molecule has 4 aliphatic rings. The first-order valence-electron chi connectivity index (χ1n) is 13.3. The van der Waals surface area contributed by atoms with E-state index in [-0.39, 0.29) is 24.1 Å². The molecule has 0 unspecified atom stereocenters. The van der Waals surface area contributed by atoms with E-state index in [1.807, 2.05) is 4.90 Å². The van der Waals surface area contributed by atoms with Gasteiger partial charge in [0.1, 0.15) is 22.9 Å². The van der Waals surface area contributed by atoms with Gasteiger partial charge >= 0.3 is 0 Å². The molecule has 5 atom stereocenters. The summed E-state index contributed by atoms with van der Waals surface area (Å²) in [5.41, 5.74) is -1.17. The Bertz CT molecular complexity index is 1490. The number of likely N-dealkylation sites (N-methyl/N-ethyl adjacent to an activating group) is 2. The molecule has 0 bridgehead atoms. The summed E-state index contributed by atoms with van der Waals surface area (Å²) in [7, 11) is 4.80. The van der Waals surface area contributed by atoms with Crippen molar-refractivity contribution >= 4 is 29.1 Å². The van der Waals surface area contributed by atoms with Crippen LogP contribution in [0.2, 0.25) is 0 Å². The summed E-state index contributed by atoms with van der Waals surface area (Å²) in [6.45, 7) is 2.23. The number of aliphatic hydroxyl groups excluding tert-OH is 2. The Labute approximate surface area is 234 Å². The molecule has 220 valence electrons. The maximum absolute atomic E-state index is 15.6. The lowest BCUT2D eigenvalue weighted by atomic mass is 9.53. The number of aromatic hydroxyl groups is 1. The first kappa shape index (κ1) is 28.7. The van der Waals surface area contributed by atoms with Gasteiger partial charge in [0, 0.05) is 28.5 Å². The fraction of sp³-hybridized carbons (Fsp3) is 0.500. The number of nitrogens with zero attached hydrogens (tertiary/aromatic N) is 2. The van der Waals surface area contributed by atoms with Crippen LogP contribution in [0.1, 0.15) is 42.1 Å². The third kappa shape index (κ3) is 3.90. The molecule has 1 heterocycles. The van der Waals surface area contributed by atoms with E-state index in [0.29, 0.717) is 13.0 Å². The highest BCUT2D eigenvalue weighted by molar-refractivity contribution is 6.25. The Balaban J connectivity index is 1.66. The molecule has 41 heavy (non-hydrogen) atoms. The van der Waals surface area contributed by atoms with Crippen LogP contribution in [0.15, 0.2) is 28.7 Å². The number of fused-ring (bicyclic) bond motifs is 3. The summed E-state index contributed by atoms with van der Waals surface area (Å²) in [6, 6.07) is -0.734. The van der Waals surface area contributed by atoms with Gasteiger partial charge in [-0.1, -0.05) is 6.92 Å². The number of rotatable bonds is 4. The van der Waals surface area contributed by atoms with Crippen molar-refractivity contribution in [3.8, 4) is 5.75 Å². The lowest BCUT2D eigenvalue weighted by molar-refractivity contribution is -0.150. The highest BCUT2D eigenvalue weighted by Gasteiger charge is 2.65. The molecule has 1 aliphatic heterocycles. The smallest absolute Gasteiger partial charge is 0.255 e.